The summed E-state index contributed by atoms with van der Waals surface area (Å²) in [6.45, 7) is 13.6. The summed E-state index contributed by atoms with van der Waals surface area (Å²) in [5.41, 5.74) is 19.6. The van der Waals surface area contributed by atoms with Crippen molar-refractivity contribution in [2.45, 2.75) is 52.4 Å². The molecule has 0 spiro atoms. The van der Waals surface area contributed by atoms with E-state index in [9.17, 15) is 0 Å². The fourth-order valence-corrected chi connectivity index (χ4v) is 8.05. The van der Waals surface area contributed by atoms with Gasteiger partial charge in [0.15, 0.2) is 0 Å². The molecule has 0 atom stereocenters. The van der Waals surface area contributed by atoms with Gasteiger partial charge in [0.2, 0.25) is 0 Å². The zero-order chi connectivity index (χ0) is 44.5. The molecule has 0 saturated heterocycles. The molecule has 314 valence electrons. The fourth-order valence-electron chi connectivity index (χ4n) is 8.05. The third-order valence-electron chi connectivity index (χ3n) is 12.0. The standard InChI is InChI=1S/C64H58/c1-63(2,3)59-41-37-55(38-42-59)61(53-19-9-7-10-20-53)45-57-23-15-13-17-49(57)31-25-47-27-33-51(34-28-47)52-35-29-48(30-36-52)26-32-50-18-14-16-24-58(50)46-62(54-21-11-8-12-22-54)56-39-43-60(44-40-56)64(4,5)6/h7-46H,1-6H3/b31-25?,32-26?,61-45-,62-46-. The molecule has 8 aromatic carbocycles. The van der Waals surface area contributed by atoms with E-state index in [0.29, 0.717) is 0 Å². The van der Waals surface area contributed by atoms with Gasteiger partial charge in [0, 0.05) is 0 Å². The molecule has 0 aliphatic rings. The molecule has 8 rings (SSSR count). The predicted molar refractivity (Wildman–Crippen MR) is 280 cm³/mol. The van der Waals surface area contributed by atoms with E-state index >= 15 is 0 Å². The van der Waals surface area contributed by atoms with E-state index < -0.39 is 0 Å². The summed E-state index contributed by atoms with van der Waals surface area (Å²) in [6, 6.07) is 74.5. The van der Waals surface area contributed by atoms with Crippen LogP contribution >= 0.6 is 0 Å². The molecule has 0 aromatic heterocycles. The van der Waals surface area contributed by atoms with Gasteiger partial charge in [-0.2, -0.15) is 0 Å². The van der Waals surface area contributed by atoms with Crippen molar-refractivity contribution in [3.8, 4) is 11.1 Å². The van der Waals surface area contributed by atoms with Gasteiger partial charge in [-0.1, -0.05) is 272 Å². The van der Waals surface area contributed by atoms with Gasteiger partial charge in [0.05, 0.1) is 0 Å². The molecule has 0 fully saturated rings. The summed E-state index contributed by atoms with van der Waals surface area (Å²) >= 11 is 0. The van der Waals surface area contributed by atoms with Crippen LogP contribution in [-0.2, 0) is 10.8 Å². The van der Waals surface area contributed by atoms with Crippen LogP contribution in [0.5, 0.6) is 0 Å². The van der Waals surface area contributed by atoms with Gasteiger partial charge >= 0.3 is 0 Å². The minimum atomic E-state index is 0.106. The fraction of sp³-hybridized carbons (Fsp3) is 0.125. The molecule has 0 aliphatic carbocycles. The SMILES string of the molecule is CC(C)(C)c1ccc(/C(=C\c2ccccc2C=Cc2ccc(-c3ccc(C=Cc4ccccc4/C=C(/c4ccccc4)c4ccc(C(C)(C)C)cc4)cc3)cc2)c2ccccc2)cc1. The largest absolute Gasteiger partial charge is 0.0622 e. The van der Waals surface area contributed by atoms with E-state index in [4.69, 9.17) is 0 Å². The summed E-state index contributed by atoms with van der Waals surface area (Å²) in [5, 5.41) is 0. The van der Waals surface area contributed by atoms with Gasteiger partial charge in [-0.05, 0) is 112 Å². The van der Waals surface area contributed by atoms with Crippen molar-refractivity contribution in [2.75, 3.05) is 0 Å². The average molecular weight is 827 g/mol. The second-order valence-corrected chi connectivity index (χ2v) is 18.7. The first-order valence-electron chi connectivity index (χ1n) is 22.5. The van der Waals surface area contributed by atoms with Crippen molar-refractivity contribution >= 4 is 47.6 Å². The summed E-state index contributed by atoms with van der Waals surface area (Å²) in [4.78, 5) is 0. The summed E-state index contributed by atoms with van der Waals surface area (Å²) in [5.74, 6) is 0. The van der Waals surface area contributed by atoms with Crippen LogP contribution in [0.15, 0.2) is 206 Å². The van der Waals surface area contributed by atoms with Crippen LogP contribution in [0.1, 0.15) is 108 Å². The molecule has 0 N–H and O–H groups in total. The molecule has 0 aliphatic heterocycles. The molecule has 0 unspecified atom stereocenters. The maximum absolute atomic E-state index is 2.33. The second kappa shape index (κ2) is 19.4. The van der Waals surface area contributed by atoms with Crippen LogP contribution in [0.4, 0.5) is 0 Å². The molecular formula is C64H58. The van der Waals surface area contributed by atoms with Crippen LogP contribution in [0.3, 0.4) is 0 Å². The molecule has 64 heavy (non-hydrogen) atoms. The van der Waals surface area contributed by atoms with Gasteiger partial charge in [-0.25, -0.2) is 0 Å². The van der Waals surface area contributed by atoms with Crippen molar-refractivity contribution in [1.29, 1.82) is 0 Å². The summed E-state index contributed by atoms with van der Waals surface area (Å²) in [7, 11) is 0. The number of rotatable bonds is 11. The Morgan fingerprint density at radius 3 is 0.906 bits per heavy atom. The number of benzene rings is 8. The van der Waals surface area contributed by atoms with Crippen molar-refractivity contribution in [1.82, 2.24) is 0 Å². The van der Waals surface area contributed by atoms with Crippen LogP contribution in [0, 0.1) is 0 Å². The third kappa shape index (κ3) is 10.8. The maximum Gasteiger partial charge on any atom is -0.0105 e. The van der Waals surface area contributed by atoms with E-state index in [2.05, 4.69) is 284 Å². The lowest BCUT2D eigenvalue weighted by Crippen LogP contribution is -2.10. The first-order chi connectivity index (χ1) is 31.0. The van der Waals surface area contributed by atoms with Gasteiger partial charge in [0.1, 0.15) is 0 Å². The summed E-state index contributed by atoms with van der Waals surface area (Å²) < 4.78 is 0. The van der Waals surface area contributed by atoms with E-state index in [1.165, 1.54) is 77.9 Å². The quantitative estimate of drug-likeness (QED) is 0.114. The minimum absolute atomic E-state index is 0.106. The highest BCUT2D eigenvalue weighted by Gasteiger charge is 2.16. The predicted octanol–water partition coefficient (Wildman–Crippen LogP) is 17.5. The molecule has 0 saturated carbocycles. The van der Waals surface area contributed by atoms with E-state index in [0.717, 1.165) is 11.1 Å². The average Bonchev–Trinajstić information content (AvgIpc) is 3.32. The Morgan fingerprint density at radius 1 is 0.281 bits per heavy atom. The van der Waals surface area contributed by atoms with Crippen molar-refractivity contribution in [2.24, 2.45) is 0 Å². The van der Waals surface area contributed by atoms with E-state index in [1.54, 1.807) is 0 Å². The molecule has 8 aromatic rings. The molecule has 0 heteroatoms. The Balaban J connectivity index is 0.987. The monoisotopic (exact) mass is 826 g/mol. The first-order valence-corrected chi connectivity index (χ1v) is 22.5. The minimum Gasteiger partial charge on any atom is -0.0622 e. The lowest BCUT2D eigenvalue weighted by atomic mass is 9.85. The molecule has 0 nitrogen and oxygen atoms in total. The van der Waals surface area contributed by atoms with Gasteiger partial charge in [-0.15, -0.1) is 0 Å². The summed E-state index contributed by atoms with van der Waals surface area (Å²) in [6.07, 6.45) is 13.5. The Kier molecular flexibility index (Phi) is 13.2. The zero-order valence-corrected chi connectivity index (χ0v) is 38.1. The van der Waals surface area contributed by atoms with Gasteiger partial charge < -0.3 is 0 Å². The normalized spacial score (nSPS) is 12.6. The van der Waals surface area contributed by atoms with Crippen molar-refractivity contribution < 1.29 is 0 Å². The zero-order valence-electron chi connectivity index (χ0n) is 38.1. The molecule has 0 radical (unpaired) electrons. The molecule has 0 heterocycles. The molecular weight excluding hydrogens is 769 g/mol. The Bertz CT molecular complexity index is 2700. The first kappa shape index (κ1) is 43.4. The van der Waals surface area contributed by atoms with Crippen LogP contribution in [-0.4, -0.2) is 0 Å². The van der Waals surface area contributed by atoms with E-state index in [1.807, 2.05) is 0 Å². The highest BCUT2D eigenvalue weighted by molar-refractivity contribution is 5.94. The van der Waals surface area contributed by atoms with Crippen LogP contribution in [0.2, 0.25) is 0 Å². The van der Waals surface area contributed by atoms with Crippen LogP contribution < -0.4 is 0 Å². The molecule has 0 amide bonds. The third-order valence-corrected chi connectivity index (χ3v) is 12.0. The molecule has 0 bridgehead atoms. The Morgan fingerprint density at radius 2 is 0.578 bits per heavy atom. The number of hydrogen-bond donors (Lipinski definition) is 0. The lowest BCUT2D eigenvalue weighted by Gasteiger charge is -2.20. The van der Waals surface area contributed by atoms with Crippen LogP contribution in [0.25, 0.3) is 58.7 Å². The highest BCUT2D eigenvalue weighted by Crippen LogP contribution is 2.33. The highest BCUT2D eigenvalue weighted by atomic mass is 14.2. The Hall–Kier alpha value is -7.28. The van der Waals surface area contributed by atoms with Gasteiger partial charge in [-0.3, -0.25) is 0 Å². The van der Waals surface area contributed by atoms with E-state index in [-0.39, 0.29) is 10.8 Å². The second-order valence-electron chi connectivity index (χ2n) is 18.7. The van der Waals surface area contributed by atoms with Gasteiger partial charge in [0.25, 0.3) is 0 Å². The smallest absolute Gasteiger partial charge is 0.0105 e. The van der Waals surface area contributed by atoms with Crippen molar-refractivity contribution in [3.05, 3.63) is 273 Å². The lowest BCUT2D eigenvalue weighted by molar-refractivity contribution is 0.590. The van der Waals surface area contributed by atoms with Crippen molar-refractivity contribution in [3.63, 3.8) is 0 Å². The maximum atomic E-state index is 2.33. The Labute approximate surface area is 382 Å². The number of hydrogen-bond acceptors (Lipinski definition) is 0. The topological polar surface area (TPSA) is 0 Å².